The van der Waals surface area contributed by atoms with Crippen molar-refractivity contribution in [2.75, 3.05) is 12.3 Å². The number of aromatic amines is 1. The highest BCUT2D eigenvalue weighted by molar-refractivity contribution is 9.10. The number of anilines is 1. The Balaban J connectivity index is 2.09. The van der Waals surface area contributed by atoms with Gasteiger partial charge in [-0.3, -0.25) is 0 Å². The molecule has 0 amide bonds. The van der Waals surface area contributed by atoms with Crippen molar-refractivity contribution >= 4 is 32.9 Å². The third kappa shape index (κ3) is 1.96. The fourth-order valence-corrected chi connectivity index (χ4v) is 2.61. The molecule has 0 aromatic carbocycles. The van der Waals surface area contributed by atoms with Crippen LogP contribution in [0.2, 0.25) is 0 Å². The highest BCUT2D eigenvalue weighted by Crippen LogP contribution is 2.27. The normalized spacial score (nSPS) is 30.2. The summed E-state index contributed by atoms with van der Waals surface area (Å²) in [6.45, 7) is -0.398. The SMILES string of the molecule is Nc1nc[n+]([C@@H]2O[C@@H](CO)[C@@H](O)[C@H]2O)c2nc(Br)[nH]c12. The van der Waals surface area contributed by atoms with E-state index in [9.17, 15) is 10.2 Å². The smallest absolute Gasteiger partial charge is 0.297 e. The molecule has 0 spiro atoms. The maximum absolute atomic E-state index is 10.0. The first-order valence-electron chi connectivity index (χ1n) is 5.86. The van der Waals surface area contributed by atoms with Gasteiger partial charge in [-0.25, -0.2) is 4.57 Å². The lowest BCUT2D eigenvalue weighted by molar-refractivity contribution is -0.747. The fraction of sp³-hybridized carbons (Fsp3) is 0.500. The summed E-state index contributed by atoms with van der Waals surface area (Å²) >= 11 is 3.20. The molecule has 0 saturated carbocycles. The van der Waals surface area contributed by atoms with Crippen molar-refractivity contribution in [1.82, 2.24) is 15.0 Å². The molecule has 6 N–H and O–H groups in total. The Morgan fingerprint density at radius 1 is 1.45 bits per heavy atom. The Labute approximate surface area is 121 Å². The number of nitrogens with zero attached hydrogens (tertiary/aromatic N) is 3. The minimum atomic E-state index is -1.21. The highest BCUT2D eigenvalue weighted by Gasteiger charge is 2.46. The standard InChI is InChI=1S/C10H12BrN5O4/c11-10-14-4-7(12)13-2-16(8(4)15-10)9-6(19)5(18)3(1-17)20-9/h2-3,5-6,9,17-19H,1H2,(H2,12,14,15)/p+1/t3-,5+,6+,9+/m0/s1. The number of fused-ring (bicyclic) bond motifs is 1. The second-order valence-electron chi connectivity index (χ2n) is 4.49. The Kier molecular flexibility index (Phi) is 3.34. The molecule has 0 radical (unpaired) electrons. The largest absolute Gasteiger partial charge is 0.394 e. The van der Waals surface area contributed by atoms with E-state index in [1.54, 1.807) is 0 Å². The van der Waals surface area contributed by atoms with Gasteiger partial charge in [0.15, 0.2) is 5.52 Å². The van der Waals surface area contributed by atoms with Gasteiger partial charge in [0.1, 0.15) is 18.3 Å². The molecule has 2 aromatic heterocycles. The number of nitrogens with two attached hydrogens (primary N) is 1. The van der Waals surface area contributed by atoms with E-state index >= 15 is 0 Å². The van der Waals surface area contributed by atoms with Gasteiger partial charge in [-0.15, -0.1) is 0 Å². The first-order chi connectivity index (χ1) is 9.52. The molecule has 1 aliphatic rings. The molecule has 108 valence electrons. The molecule has 1 fully saturated rings. The minimum absolute atomic E-state index is 0.251. The molecule has 20 heavy (non-hydrogen) atoms. The van der Waals surface area contributed by atoms with Crippen LogP contribution in [0.4, 0.5) is 5.82 Å². The molecule has 9 nitrogen and oxygen atoms in total. The Bertz CT molecular complexity index is 650. The van der Waals surface area contributed by atoms with Crippen molar-refractivity contribution in [3.63, 3.8) is 0 Å². The van der Waals surface area contributed by atoms with Gasteiger partial charge in [0.05, 0.1) is 6.61 Å². The lowest BCUT2D eigenvalue weighted by Crippen LogP contribution is -2.47. The van der Waals surface area contributed by atoms with E-state index in [-0.39, 0.29) is 5.82 Å². The van der Waals surface area contributed by atoms with E-state index in [4.69, 9.17) is 15.6 Å². The average Bonchev–Trinajstić information content (AvgIpc) is 2.94. The maximum atomic E-state index is 10.0. The zero-order chi connectivity index (χ0) is 14.4. The van der Waals surface area contributed by atoms with Crippen LogP contribution in [-0.4, -0.2) is 55.2 Å². The van der Waals surface area contributed by atoms with Gasteiger partial charge < -0.3 is 30.8 Å². The van der Waals surface area contributed by atoms with Crippen LogP contribution in [-0.2, 0) is 4.74 Å². The zero-order valence-electron chi connectivity index (χ0n) is 10.1. The molecule has 3 rings (SSSR count). The molecule has 10 heteroatoms. The topological polar surface area (TPSA) is 141 Å². The van der Waals surface area contributed by atoms with Gasteiger partial charge in [0, 0.05) is 15.9 Å². The van der Waals surface area contributed by atoms with Gasteiger partial charge in [-0.05, 0) is 0 Å². The van der Waals surface area contributed by atoms with Crippen LogP contribution in [0, 0.1) is 0 Å². The summed E-state index contributed by atoms with van der Waals surface area (Å²) in [6, 6.07) is 0. The Morgan fingerprint density at radius 2 is 2.20 bits per heavy atom. The number of H-pyrrole nitrogens is 1. The van der Waals surface area contributed by atoms with Gasteiger partial charge in [0.25, 0.3) is 10.4 Å². The van der Waals surface area contributed by atoms with Gasteiger partial charge in [-0.1, -0.05) is 9.97 Å². The summed E-state index contributed by atoms with van der Waals surface area (Å²) in [5.74, 6) is 0.251. The summed E-state index contributed by atoms with van der Waals surface area (Å²) in [7, 11) is 0. The van der Waals surface area contributed by atoms with E-state index in [0.717, 1.165) is 0 Å². The number of aliphatic hydroxyl groups excluding tert-OH is 3. The number of rotatable bonds is 2. The van der Waals surface area contributed by atoms with Crippen molar-refractivity contribution < 1.29 is 24.6 Å². The molecule has 0 unspecified atom stereocenters. The van der Waals surface area contributed by atoms with Crippen LogP contribution in [0.3, 0.4) is 0 Å². The average molecular weight is 347 g/mol. The number of aromatic nitrogens is 4. The summed E-state index contributed by atoms with van der Waals surface area (Å²) in [5.41, 5.74) is 6.64. The molecular weight excluding hydrogens is 334 g/mol. The summed E-state index contributed by atoms with van der Waals surface area (Å²) in [6.07, 6.45) is -2.80. The molecule has 3 heterocycles. The number of nitrogens with one attached hydrogen (secondary N) is 1. The van der Waals surface area contributed by atoms with Gasteiger partial charge in [-0.2, -0.15) is 0 Å². The lowest BCUT2D eigenvalue weighted by Gasteiger charge is -2.13. The molecule has 0 bridgehead atoms. The van der Waals surface area contributed by atoms with Crippen LogP contribution in [0.1, 0.15) is 6.23 Å². The lowest BCUT2D eigenvalue weighted by atomic mass is 10.1. The number of hydrogen-bond donors (Lipinski definition) is 5. The van der Waals surface area contributed by atoms with Crippen molar-refractivity contribution in [2.45, 2.75) is 24.5 Å². The van der Waals surface area contributed by atoms with Crippen LogP contribution < -0.4 is 10.3 Å². The first-order valence-corrected chi connectivity index (χ1v) is 6.65. The first kappa shape index (κ1) is 13.6. The van der Waals surface area contributed by atoms with Crippen molar-refractivity contribution in [3.8, 4) is 0 Å². The van der Waals surface area contributed by atoms with Crippen LogP contribution >= 0.6 is 15.9 Å². The van der Waals surface area contributed by atoms with Crippen molar-refractivity contribution in [3.05, 3.63) is 11.1 Å². The second kappa shape index (κ2) is 4.90. The van der Waals surface area contributed by atoms with Gasteiger partial charge in [0.2, 0.25) is 18.4 Å². The van der Waals surface area contributed by atoms with E-state index in [1.807, 2.05) is 0 Å². The number of aliphatic hydroxyl groups is 3. The predicted octanol–water partition coefficient (Wildman–Crippen LogP) is -1.80. The molecule has 1 aliphatic heterocycles. The summed E-state index contributed by atoms with van der Waals surface area (Å²) < 4.78 is 7.35. The minimum Gasteiger partial charge on any atom is -0.394 e. The fourth-order valence-electron chi connectivity index (χ4n) is 2.24. The number of nitrogen functional groups attached to an aromatic ring is 1. The number of hydrogen-bond acceptors (Lipinski definition) is 7. The highest BCUT2D eigenvalue weighted by atomic mass is 79.9. The Hall–Kier alpha value is -1.33. The quantitative estimate of drug-likeness (QED) is 0.319. The number of ether oxygens (including phenoxy) is 1. The maximum Gasteiger partial charge on any atom is 0.297 e. The van der Waals surface area contributed by atoms with E-state index in [2.05, 4.69) is 30.9 Å². The van der Waals surface area contributed by atoms with Crippen molar-refractivity contribution in [2.24, 2.45) is 0 Å². The zero-order valence-corrected chi connectivity index (χ0v) is 11.7. The number of imidazole rings is 1. The van der Waals surface area contributed by atoms with E-state index in [1.165, 1.54) is 10.9 Å². The number of halogens is 1. The van der Waals surface area contributed by atoms with Crippen LogP contribution in [0.5, 0.6) is 0 Å². The van der Waals surface area contributed by atoms with E-state index < -0.39 is 31.1 Å². The van der Waals surface area contributed by atoms with Gasteiger partial charge >= 0.3 is 0 Å². The molecule has 4 atom stereocenters. The molecule has 0 aliphatic carbocycles. The molecule has 2 aromatic rings. The summed E-state index contributed by atoms with van der Waals surface area (Å²) in [4.78, 5) is 11.1. The van der Waals surface area contributed by atoms with Crippen LogP contribution in [0.25, 0.3) is 11.2 Å². The van der Waals surface area contributed by atoms with Crippen LogP contribution in [0.15, 0.2) is 11.1 Å². The Morgan fingerprint density at radius 3 is 2.85 bits per heavy atom. The third-order valence-corrected chi connectivity index (χ3v) is 3.64. The molecular formula is C10H13BrN5O4+. The third-order valence-electron chi connectivity index (χ3n) is 3.27. The molecule has 1 saturated heterocycles. The van der Waals surface area contributed by atoms with E-state index in [0.29, 0.717) is 15.9 Å². The summed E-state index contributed by atoms with van der Waals surface area (Å²) in [5, 5.41) is 28.9. The van der Waals surface area contributed by atoms with Crippen molar-refractivity contribution in [1.29, 1.82) is 0 Å². The monoisotopic (exact) mass is 346 g/mol. The second-order valence-corrected chi connectivity index (χ2v) is 5.24. The predicted molar refractivity (Wildman–Crippen MR) is 69.2 cm³/mol.